The zero-order valence-corrected chi connectivity index (χ0v) is 19.4. The van der Waals surface area contributed by atoms with Crippen molar-refractivity contribution in [3.05, 3.63) is 70.8 Å². The number of aromatic nitrogens is 3. The van der Waals surface area contributed by atoms with Crippen LogP contribution < -0.4 is 5.32 Å². The van der Waals surface area contributed by atoms with Crippen LogP contribution in [0.15, 0.2) is 36.8 Å². The molecule has 1 aliphatic heterocycles. The number of halogens is 2. The largest absolute Gasteiger partial charge is 0.363 e. The summed E-state index contributed by atoms with van der Waals surface area (Å²) in [6.45, 7) is 10.7. The fourth-order valence-corrected chi connectivity index (χ4v) is 3.95. The predicted molar refractivity (Wildman–Crippen MR) is 123 cm³/mol. The van der Waals surface area contributed by atoms with E-state index in [1.807, 2.05) is 27.7 Å². The molecule has 3 aromatic rings. The summed E-state index contributed by atoms with van der Waals surface area (Å²) >= 11 is 0. The number of nitrogens with zero attached hydrogens (tertiary/aromatic N) is 4. The normalized spacial score (nSPS) is 14.4. The highest BCUT2D eigenvalue weighted by molar-refractivity contribution is 5.99. The molecule has 8 heteroatoms. The number of nitrogens with one attached hydrogen (secondary N) is 1. The summed E-state index contributed by atoms with van der Waals surface area (Å²) in [5, 5.41) is 3.16. The number of benzene rings is 1. The Kier molecular flexibility index (Phi) is 5.86. The minimum atomic E-state index is -0.575. The fraction of sp³-hybridized carbons (Fsp3) is 0.360. The first-order valence-electron chi connectivity index (χ1n) is 11.0. The fourth-order valence-electron chi connectivity index (χ4n) is 3.95. The van der Waals surface area contributed by atoms with Crippen LogP contribution in [0.4, 0.5) is 14.6 Å². The molecule has 3 heterocycles. The maximum Gasteiger partial charge on any atom is 0.254 e. The van der Waals surface area contributed by atoms with Crippen LogP contribution in [-0.2, 0) is 12.0 Å². The molecule has 172 valence electrons. The second-order valence-corrected chi connectivity index (χ2v) is 9.26. The van der Waals surface area contributed by atoms with E-state index in [-0.39, 0.29) is 22.4 Å². The highest BCUT2D eigenvalue weighted by Gasteiger charge is 2.29. The van der Waals surface area contributed by atoms with Gasteiger partial charge in [-0.05, 0) is 38.1 Å². The van der Waals surface area contributed by atoms with Gasteiger partial charge in [0.1, 0.15) is 23.8 Å². The average Bonchev–Trinajstić information content (AvgIpc) is 3.11. The molecule has 0 radical (unpaired) electrons. The summed E-state index contributed by atoms with van der Waals surface area (Å²) in [4.78, 5) is 26.9. The molecule has 2 aromatic heterocycles. The van der Waals surface area contributed by atoms with E-state index in [1.165, 1.54) is 18.5 Å². The van der Waals surface area contributed by atoms with Crippen molar-refractivity contribution in [3.8, 4) is 11.3 Å². The first kappa shape index (κ1) is 22.8. The van der Waals surface area contributed by atoms with Gasteiger partial charge in [0, 0.05) is 46.1 Å². The van der Waals surface area contributed by atoms with Crippen LogP contribution in [0.2, 0.25) is 0 Å². The van der Waals surface area contributed by atoms with E-state index in [0.717, 1.165) is 11.3 Å². The molecule has 33 heavy (non-hydrogen) atoms. The van der Waals surface area contributed by atoms with Gasteiger partial charge in [0.15, 0.2) is 0 Å². The molecular weight excluding hydrogens is 424 g/mol. The molecule has 1 aromatic carbocycles. The SMILES string of the molecule is CCN1Cc2c(ccnc2N[C@@H](C)c2cc(F)c(-c3cc(C(C)(C)C)ncn3)cc2F)C1=O. The lowest BCUT2D eigenvalue weighted by molar-refractivity contribution is 0.0787. The maximum atomic E-state index is 15.1. The molecule has 0 unspecified atom stereocenters. The zero-order chi connectivity index (χ0) is 23.9. The van der Waals surface area contributed by atoms with Gasteiger partial charge < -0.3 is 10.2 Å². The van der Waals surface area contributed by atoms with Crippen molar-refractivity contribution in [2.75, 3.05) is 11.9 Å². The van der Waals surface area contributed by atoms with E-state index in [2.05, 4.69) is 20.3 Å². The second-order valence-electron chi connectivity index (χ2n) is 9.26. The molecule has 0 spiro atoms. The van der Waals surface area contributed by atoms with E-state index in [1.54, 1.807) is 30.2 Å². The molecule has 6 nitrogen and oxygen atoms in total. The lowest BCUT2D eigenvalue weighted by atomic mass is 9.91. The van der Waals surface area contributed by atoms with Crippen LogP contribution in [0.1, 0.15) is 67.8 Å². The molecule has 0 bridgehead atoms. The van der Waals surface area contributed by atoms with Crippen molar-refractivity contribution in [1.29, 1.82) is 0 Å². The number of carbonyl (C=O) groups excluding carboxylic acids is 1. The first-order chi connectivity index (χ1) is 15.6. The molecule has 4 rings (SSSR count). The summed E-state index contributed by atoms with van der Waals surface area (Å²) < 4.78 is 30.2. The zero-order valence-electron chi connectivity index (χ0n) is 19.4. The Labute approximate surface area is 192 Å². The number of amides is 1. The standard InChI is InChI=1S/C25H27F2N5O/c1-6-32-12-18-15(24(32)33)7-8-28-23(18)31-14(2)16-9-20(27)17(10-19(16)26)21-11-22(25(3,4)5)30-13-29-21/h7-11,13-14H,6,12H2,1-5H3,(H,28,31)/t14-/m0/s1. The Balaban J connectivity index is 1.64. The van der Waals surface area contributed by atoms with Crippen LogP contribution >= 0.6 is 0 Å². The third-order valence-electron chi connectivity index (χ3n) is 5.92. The average molecular weight is 452 g/mol. The lowest BCUT2D eigenvalue weighted by Crippen LogP contribution is -2.22. The van der Waals surface area contributed by atoms with Gasteiger partial charge in [-0.3, -0.25) is 4.79 Å². The van der Waals surface area contributed by atoms with Gasteiger partial charge >= 0.3 is 0 Å². The molecule has 0 aliphatic carbocycles. The highest BCUT2D eigenvalue weighted by Crippen LogP contribution is 2.33. The molecule has 0 saturated carbocycles. The molecular formula is C25H27F2N5O. The van der Waals surface area contributed by atoms with E-state index >= 15 is 8.78 Å². The van der Waals surface area contributed by atoms with E-state index in [4.69, 9.17) is 0 Å². The molecule has 1 amide bonds. The number of fused-ring (bicyclic) bond motifs is 1. The van der Waals surface area contributed by atoms with E-state index in [9.17, 15) is 4.79 Å². The minimum Gasteiger partial charge on any atom is -0.363 e. The molecule has 1 N–H and O–H groups in total. The van der Waals surface area contributed by atoms with Gasteiger partial charge in [0.05, 0.1) is 18.3 Å². The van der Waals surface area contributed by atoms with Crippen LogP contribution in [0.5, 0.6) is 0 Å². The number of anilines is 1. The Hall–Kier alpha value is -3.42. The monoisotopic (exact) mass is 451 g/mol. The van der Waals surface area contributed by atoms with Gasteiger partial charge in [-0.15, -0.1) is 0 Å². The number of hydrogen-bond acceptors (Lipinski definition) is 5. The molecule has 1 aliphatic rings. The van der Waals surface area contributed by atoms with Crippen LogP contribution in [0, 0.1) is 11.6 Å². The van der Waals surface area contributed by atoms with Gasteiger partial charge in [0.25, 0.3) is 5.91 Å². The lowest BCUT2D eigenvalue weighted by Gasteiger charge is -2.20. The van der Waals surface area contributed by atoms with Crippen molar-refractivity contribution in [1.82, 2.24) is 19.9 Å². The Morgan fingerprint density at radius 2 is 1.85 bits per heavy atom. The Morgan fingerprint density at radius 1 is 1.09 bits per heavy atom. The van der Waals surface area contributed by atoms with Crippen LogP contribution in [0.3, 0.4) is 0 Å². The Bertz CT molecular complexity index is 1220. The van der Waals surface area contributed by atoms with Crippen LogP contribution in [-0.4, -0.2) is 32.3 Å². The van der Waals surface area contributed by atoms with Crippen molar-refractivity contribution in [2.24, 2.45) is 0 Å². The molecule has 1 atom stereocenters. The third-order valence-corrected chi connectivity index (χ3v) is 5.92. The van der Waals surface area contributed by atoms with Crippen molar-refractivity contribution < 1.29 is 13.6 Å². The molecule has 0 saturated heterocycles. The first-order valence-corrected chi connectivity index (χ1v) is 11.0. The van der Waals surface area contributed by atoms with Gasteiger partial charge in [-0.1, -0.05) is 20.8 Å². The van der Waals surface area contributed by atoms with E-state index in [0.29, 0.717) is 30.2 Å². The number of pyridine rings is 1. The second kappa shape index (κ2) is 8.50. The number of rotatable bonds is 5. The Morgan fingerprint density at radius 3 is 2.55 bits per heavy atom. The summed E-state index contributed by atoms with van der Waals surface area (Å²) in [5.74, 6) is -0.677. The summed E-state index contributed by atoms with van der Waals surface area (Å²) in [6, 6.07) is 5.16. The summed E-state index contributed by atoms with van der Waals surface area (Å²) in [6.07, 6.45) is 2.92. The summed E-state index contributed by atoms with van der Waals surface area (Å²) in [7, 11) is 0. The van der Waals surface area contributed by atoms with Crippen molar-refractivity contribution in [3.63, 3.8) is 0 Å². The number of hydrogen-bond donors (Lipinski definition) is 1. The van der Waals surface area contributed by atoms with Crippen molar-refractivity contribution >= 4 is 11.7 Å². The van der Waals surface area contributed by atoms with E-state index < -0.39 is 17.7 Å². The minimum absolute atomic E-state index is 0.0494. The van der Waals surface area contributed by atoms with Gasteiger partial charge in [0.2, 0.25) is 0 Å². The quantitative estimate of drug-likeness (QED) is 0.573. The maximum absolute atomic E-state index is 15.1. The molecule has 0 fully saturated rings. The summed E-state index contributed by atoms with van der Waals surface area (Å²) in [5.41, 5.74) is 2.43. The smallest absolute Gasteiger partial charge is 0.254 e. The van der Waals surface area contributed by atoms with Crippen molar-refractivity contribution in [2.45, 2.75) is 52.6 Å². The topological polar surface area (TPSA) is 71.0 Å². The van der Waals surface area contributed by atoms with Gasteiger partial charge in [-0.25, -0.2) is 23.7 Å². The van der Waals surface area contributed by atoms with Crippen LogP contribution in [0.25, 0.3) is 11.3 Å². The number of carbonyl (C=O) groups is 1. The predicted octanol–water partition coefficient (Wildman–Crippen LogP) is 5.26. The van der Waals surface area contributed by atoms with Gasteiger partial charge in [-0.2, -0.15) is 0 Å². The third kappa shape index (κ3) is 4.29. The highest BCUT2D eigenvalue weighted by atomic mass is 19.1.